The van der Waals surface area contributed by atoms with Crippen molar-refractivity contribution in [2.24, 2.45) is 0 Å². The topological polar surface area (TPSA) is 12.5 Å². The van der Waals surface area contributed by atoms with Crippen LogP contribution in [0.3, 0.4) is 0 Å². The minimum Gasteiger partial charge on any atom is -0.456 e. The van der Waals surface area contributed by atoms with Crippen LogP contribution in [0.25, 0.3) is 44.5 Å². The Balaban J connectivity index is 1.23. The molecule has 224 valence electrons. The fourth-order valence-corrected chi connectivity index (χ4v) is 7.52. The highest BCUT2D eigenvalue weighted by Crippen LogP contribution is 2.52. The normalized spacial score (nSPS) is 13.2. The van der Waals surface area contributed by atoms with Crippen molar-refractivity contribution in [3.8, 4) is 56.0 Å². The summed E-state index contributed by atoms with van der Waals surface area (Å²) >= 11 is 0. The second-order valence-electron chi connectivity index (χ2n) is 13.0. The van der Waals surface area contributed by atoms with Gasteiger partial charge >= 0.3 is 0 Å². The first-order valence-corrected chi connectivity index (χ1v) is 16.3. The van der Waals surface area contributed by atoms with Gasteiger partial charge in [-0.3, -0.25) is 0 Å². The minimum atomic E-state index is -0.100. The third kappa shape index (κ3) is 4.40. The zero-order chi connectivity index (χ0) is 31.5. The van der Waals surface area contributed by atoms with E-state index in [-0.39, 0.29) is 5.41 Å². The summed E-state index contributed by atoms with van der Waals surface area (Å²) < 4.78 is 6.60. The molecule has 47 heavy (non-hydrogen) atoms. The number of hydrogen-bond acceptors (Lipinski definition) is 2. The van der Waals surface area contributed by atoms with Gasteiger partial charge in [-0.1, -0.05) is 129 Å². The molecule has 0 radical (unpaired) electrons. The maximum atomic E-state index is 6.60. The fourth-order valence-electron chi connectivity index (χ4n) is 7.52. The van der Waals surface area contributed by atoms with Gasteiger partial charge < -0.3 is 9.64 Å². The van der Waals surface area contributed by atoms with Crippen LogP contribution in [0.15, 0.2) is 164 Å². The molecule has 1 aliphatic heterocycles. The predicted octanol–water partition coefficient (Wildman–Crippen LogP) is 12.6. The molecule has 0 aromatic heterocycles. The zero-order valence-electron chi connectivity index (χ0n) is 26.4. The van der Waals surface area contributed by atoms with Crippen LogP contribution in [0, 0.1) is 0 Å². The summed E-state index contributed by atoms with van der Waals surface area (Å²) in [7, 11) is 0. The van der Waals surface area contributed by atoms with E-state index in [1.54, 1.807) is 0 Å². The number of hydrogen-bond donors (Lipinski definition) is 0. The second kappa shape index (κ2) is 10.6. The smallest absolute Gasteiger partial charge is 0.135 e. The number of benzene rings is 7. The fraction of sp³-hybridized carbons (Fsp3) is 0.0667. The maximum Gasteiger partial charge on any atom is 0.135 e. The van der Waals surface area contributed by atoms with Crippen LogP contribution >= 0.6 is 0 Å². The lowest BCUT2D eigenvalue weighted by molar-refractivity contribution is 0.488. The Morgan fingerprint density at radius 3 is 1.70 bits per heavy atom. The number of ether oxygens (including phenoxy) is 1. The molecule has 2 heteroatoms. The lowest BCUT2D eigenvalue weighted by Crippen LogP contribution is -2.16. The molecule has 0 fully saturated rings. The second-order valence-corrected chi connectivity index (χ2v) is 13.0. The van der Waals surface area contributed by atoms with Crippen molar-refractivity contribution in [3.63, 3.8) is 0 Å². The largest absolute Gasteiger partial charge is 0.456 e. The molecule has 0 spiro atoms. The van der Waals surface area contributed by atoms with Gasteiger partial charge in [0.2, 0.25) is 0 Å². The van der Waals surface area contributed by atoms with Crippen molar-refractivity contribution in [2.45, 2.75) is 19.3 Å². The van der Waals surface area contributed by atoms with E-state index in [0.29, 0.717) is 0 Å². The van der Waals surface area contributed by atoms with Gasteiger partial charge in [0.25, 0.3) is 0 Å². The molecule has 7 aromatic rings. The number of rotatable bonds is 4. The Bertz CT molecular complexity index is 2300. The standard InChI is InChI=1S/C45H33NO/c1-45(2)41-18-10-8-16-37(41)38-26-24-34(29-42(38)45)46(32-22-20-31(21-23-32)30-12-4-3-5-13-30)33-25-27-44-40(28-33)36-15-7-6-14-35(36)39-17-9-11-19-43(39)47-44/h3-29H,1-2H3. The first-order valence-electron chi connectivity index (χ1n) is 16.3. The molecule has 0 saturated heterocycles. The van der Waals surface area contributed by atoms with Crippen LogP contribution in [0.1, 0.15) is 25.0 Å². The number of fused-ring (bicyclic) bond motifs is 8. The average Bonchev–Trinajstić information content (AvgIpc) is 3.25. The van der Waals surface area contributed by atoms with Crippen LogP contribution in [0.5, 0.6) is 11.5 Å². The van der Waals surface area contributed by atoms with Crippen molar-refractivity contribution >= 4 is 17.1 Å². The predicted molar refractivity (Wildman–Crippen MR) is 195 cm³/mol. The Labute approximate surface area is 276 Å². The summed E-state index contributed by atoms with van der Waals surface area (Å²) in [5, 5.41) is 0. The third-order valence-corrected chi connectivity index (χ3v) is 9.89. The molecule has 0 saturated carbocycles. The lowest BCUT2D eigenvalue weighted by atomic mass is 9.82. The van der Waals surface area contributed by atoms with E-state index < -0.39 is 0 Å². The first kappa shape index (κ1) is 27.5. The van der Waals surface area contributed by atoms with Gasteiger partial charge in [-0.15, -0.1) is 0 Å². The SMILES string of the molecule is CC1(C)c2ccccc2-c2ccc(N(c3ccc(-c4ccccc4)cc3)c3ccc4c(c3)-c3ccccc3-c3ccccc3O4)cc21. The lowest BCUT2D eigenvalue weighted by Gasteiger charge is -2.29. The van der Waals surface area contributed by atoms with Gasteiger partial charge in [0, 0.05) is 33.6 Å². The van der Waals surface area contributed by atoms with E-state index in [1.807, 2.05) is 6.07 Å². The first-order chi connectivity index (χ1) is 23.1. The molecule has 0 unspecified atom stereocenters. The molecule has 1 heterocycles. The van der Waals surface area contributed by atoms with Crippen molar-refractivity contribution in [2.75, 3.05) is 4.90 Å². The van der Waals surface area contributed by atoms with Crippen molar-refractivity contribution in [1.29, 1.82) is 0 Å². The van der Waals surface area contributed by atoms with E-state index in [9.17, 15) is 0 Å². The van der Waals surface area contributed by atoms with E-state index in [4.69, 9.17) is 4.74 Å². The van der Waals surface area contributed by atoms with Crippen LogP contribution in [-0.4, -0.2) is 0 Å². The average molecular weight is 604 g/mol. The van der Waals surface area contributed by atoms with Gasteiger partial charge in [-0.25, -0.2) is 0 Å². The highest BCUT2D eigenvalue weighted by atomic mass is 16.5. The van der Waals surface area contributed by atoms with Gasteiger partial charge in [-0.2, -0.15) is 0 Å². The summed E-state index contributed by atoms with van der Waals surface area (Å²) in [4.78, 5) is 2.38. The van der Waals surface area contributed by atoms with E-state index in [0.717, 1.165) is 39.7 Å². The quantitative estimate of drug-likeness (QED) is 0.198. The summed E-state index contributed by atoms with van der Waals surface area (Å²) in [6, 6.07) is 58.8. The number of anilines is 3. The molecular weight excluding hydrogens is 571 g/mol. The van der Waals surface area contributed by atoms with Gasteiger partial charge in [-0.05, 0) is 93.0 Å². The Morgan fingerprint density at radius 2 is 0.915 bits per heavy atom. The summed E-state index contributed by atoms with van der Waals surface area (Å²) in [5.74, 6) is 1.73. The van der Waals surface area contributed by atoms with Crippen molar-refractivity contribution in [3.05, 3.63) is 175 Å². The molecular formula is C45H33NO. The Morgan fingerprint density at radius 1 is 0.383 bits per heavy atom. The zero-order valence-corrected chi connectivity index (χ0v) is 26.4. The maximum absolute atomic E-state index is 6.60. The van der Waals surface area contributed by atoms with Crippen LogP contribution in [0.4, 0.5) is 17.1 Å². The monoisotopic (exact) mass is 603 g/mol. The molecule has 0 N–H and O–H groups in total. The van der Waals surface area contributed by atoms with Gasteiger partial charge in [0.1, 0.15) is 11.5 Å². The van der Waals surface area contributed by atoms with Crippen molar-refractivity contribution in [1.82, 2.24) is 0 Å². The number of para-hydroxylation sites is 1. The van der Waals surface area contributed by atoms with Crippen LogP contribution < -0.4 is 9.64 Å². The minimum absolute atomic E-state index is 0.100. The highest BCUT2D eigenvalue weighted by Gasteiger charge is 2.35. The highest BCUT2D eigenvalue weighted by molar-refractivity contribution is 5.93. The van der Waals surface area contributed by atoms with E-state index in [2.05, 4.69) is 176 Å². The molecule has 9 rings (SSSR count). The molecule has 0 bridgehead atoms. The van der Waals surface area contributed by atoms with Gasteiger partial charge in [0.15, 0.2) is 0 Å². The molecule has 1 aliphatic carbocycles. The van der Waals surface area contributed by atoms with Crippen LogP contribution in [-0.2, 0) is 5.41 Å². The molecule has 0 amide bonds. The van der Waals surface area contributed by atoms with Crippen LogP contribution in [0.2, 0.25) is 0 Å². The summed E-state index contributed by atoms with van der Waals surface area (Å²) in [5.41, 5.74) is 15.5. The Hall–Kier alpha value is -5.86. The Kier molecular flexibility index (Phi) is 6.20. The van der Waals surface area contributed by atoms with Crippen molar-refractivity contribution < 1.29 is 4.74 Å². The summed E-state index contributed by atoms with van der Waals surface area (Å²) in [6.07, 6.45) is 0. The third-order valence-electron chi connectivity index (χ3n) is 9.89. The molecule has 0 atom stereocenters. The molecule has 2 aliphatic rings. The van der Waals surface area contributed by atoms with Gasteiger partial charge in [0.05, 0.1) is 0 Å². The molecule has 7 aromatic carbocycles. The van der Waals surface area contributed by atoms with E-state index >= 15 is 0 Å². The summed E-state index contributed by atoms with van der Waals surface area (Å²) in [6.45, 7) is 4.68. The molecule has 2 nitrogen and oxygen atoms in total. The van der Waals surface area contributed by atoms with E-state index in [1.165, 1.54) is 44.5 Å². The number of nitrogens with zero attached hydrogens (tertiary/aromatic N) is 1.